The molecule has 0 unspecified atom stereocenters. The van der Waals surface area contributed by atoms with Crippen molar-refractivity contribution in [3.8, 4) is 0 Å². The highest BCUT2D eigenvalue weighted by molar-refractivity contribution is 7.98. The van der Waals surface area contributed by atoms with Crippen molar-refractivity contribution >= 4 is 29.2 Å². The first kappa shape index (κ1) is 15.1. The zero-order valence-electron chi connectivity index (χ0n) is 11.5. The molecular formula is C14H17ClN4S. The number of anilines is 1. The lowest BCUT2D eigenvalue weighted by Gasteiger charge is -2.11. The fourth-order valence-corrected chi connectivity index (χ4v) is 2.82. The second-order valence-electron chi connectivity index (χ2n) is 4.29. The normalized spacial score (nSPS) is 10.6. The lowest BCUT2D eigenvalue weighted by atomic mass is 10.2. The van der Waals surface area contributed by atoms with E-state index in [1.54, 1.807) is 11.8 Å². The smallest absolute Gasteiger partial charge is 0.147 e. The maximum absolute atomic E-state index is 5.87. The van der Waals surface area contributed by atoms with Crippen LogP contribution in [-0.4, -0.2) is 9.97 Å². The van der Waals surface area contributed by atoms with Crippen LogP contribution >= 0.6 is 23.4 Å². The predicted molar refractivity (Wildman–Crippen MR) is 85.0 cm³/mol. The van der Waals surface area contributed by atoms with Crippen LogP contribution in [0.25, 0.3) is 0 Å². The number of nitrogen functional groups attached to an aromatic ring is 1. The zero-order valence-corrected chi connectivity index (χ0v) is 13.1. The highest BCUT2D eigenvalue weighted by Crippen LogP contribution is 2.24. The Bertz CT molecular complexity index is 586. The van der Waals surface area contributed by atoms with Crippen molar-refractivity contribution in [2.45, 2.75) is 30.9 Å². The number of aromatic nitrogens is 2. The average molecular weight is 309 g/mol. The van der Waals surface area contributed by atoms with Gasteiger partial charge in [-0.1, -0.05) is 18.5 Å². The van der Waals surface area contributed by atoms with Crippen LogP contribution in [0.4, 0.5) is 5.82 Å². The summed E-state index contributed by atoms with van der Waals surface area (Å²) in [5, 5.41) is 0.739. The van der Waals surface area contributed by atoms with E-state index < -0.39 is 0 Å². The molecular weight excluding hydrogens is 292 g/mol. The number of hydrazine groups is 1. The van der Waals surface area contributed by atoms with Crippen LogP contribution in [0.2, 0.25) is 5.02 Å². The number of hydrogen-bond donors (Lipinski definition) is 2. The van der Waals surface area contributed by atoms with Gasteiger partial charge in [0, 0.05) is 21.2 Å². The first-order valence-electron chi connectivity index (χ1n) is 6.35. The van der Waals surface area contributed by atoms with Crippen LogP contribution < -0.4 is 11.3 Å². The number of nitrogens with one attached hydrogen (secondary N) is 1. The number of nitrogens with two attached hydrogens (primary N) is 1. The van der Waals surface area contributed by atoms with Gasteiger partial charge in [0.2, 0.25) is 0 Å². The molecule has 0 fully saturated rings. The van der Waals surface area contributed by atoms with E-state index >= 15 is 0 Å². The van der Waals surface area contributed by atoms with Crippen molar-refractivity contribution in [3.63, 3.8) is 0 Å². The molecule has 0 saturated carbocycles. The standard InChI is InChI=1S/C14H17ClN4S/c1-3-12-9(2)17-13(18-14(12)19-16)8-20-11-6-4-10(15)5-7-11/h4-7H,3,8,16H2,1-2H3,(H,17,18,19). The Morgan fingerprint density at radius 1 is 1.25 bits per heavy atom. The second-order valence-corrected chi connectivity index (χ2v) is 5.78. The summed E-state index contributed by atoms with van der Waals surface area (Å²) >= 11 is 7.54. The third-order valence-corrected chi connectivity index (χ3v) is 4.19. The van der Waals surface area contributed by atoms with Crippen LogP contribution in [0.3, 0.4) is 0 Å². The first-order valence-corrected chi connectivity index (χ1v) is 7.71. The summed E-state index contributed by atoms with van der Waals surface area (Å²) in [5.74, 6) is 7.71. The maximum atomic E-state index is 5.87. The molecule has 106 valence electrons. The van der Waals surface area contributed by atoms with Crippen molar-refractivity contribution in [1.82, 2.24) is 9.97 Å². The zero-order chi connectivity index (χ0) is 14.5. The second kappa shape index (κ2) is 6.92. The number of benzene rings is 1. The summed E-state index contributed by atoms with van der Waals surface area (Å²) in [4.78, 5) is 10.1. The van der Waals surface area contributed by atoms with E-state index in [2.05, 4.69) is 22.3 Å². The van der Waals surface area contributed by atoms with E-state index in [0.29, 0.717) is 11.6 Å². The van der Waals surface area contributed by atoms with Gasteiger partial charge in [-0.3, -0.25) is 0 Å². The largest absolute Gasteiger partial charge is 0.308 e. The molecule has 3 N–H and O–H groups in total. The summed E-state index contributed by atoms with van der Waals surface area (Å²) in [6.07, 6.45) is 0.857. The molecule has 0 bridgehead atoms. The molecule has 1 heterocycles. The number of halogens is 1. The predicted octanol–water partition coefficient (Wildman–Crippen LogP) is 3.58. The summed E-state index contributed by atoms with van der Waals surface area (Å²) < 4.78 is 0. The third kappa shape index (κ3) is 3.62. The Hall–Kier alpha value is -1.30. The van der Waals surface area contributed by atoms with Gasteiger partial charge in [-0.15, -0.1) is 11.8 Å². The molecule has 1 aromatic heterocycles. The third-order valence-electron chi connectivity index (χ3n) is 2.93. The molecule has 6 heteroatoms. The van der Waals surface area contributed by atoms with Crippen LogP contribution in [0.15, 0.2) is 29.2 Å². The molecule has 0 spiro atoms. The molecule has 0 aliphatic heterocycles. The monoisotopic (exact) mass is 308 g/mol. The Balaban J connectivity index is 2.13. The van der Waals surface area contributed by atoms with Gasteiger partial charge in [0.15, 0.2) is 0 Å². The summed E-state index contributed by atoms with van der Waals surface area (Å²) in [7, 11) is 0. The van der Waals surface area contributed by atoms with Gasteiger partial charge in [0.25, 0.3) is 0 Å². The number of rotatable bonds is 5. The molecule has 2 aromatic rings. The van der Waals surface area contributed by atoms with Gasteiger partial charge < -0.3 is 5.43 Å². The van der Waals surface area contributed by atoms with Crippen molar-refractivity contribution in [1.29, 1.82) is 0 Å². The Kier molecular flexibility index (Phi) is 5.23. The molecule has 0 saturated heterocycles. The Labute approximate surface area is 128 Å². The molecule has 2 rings (SSSR count). The minimum Gasteiger partial charge on any atom is -0.308 e. The molecule has 4 nitrogen and oxygen atoms in total. The minimum absolute atomic E-state index is 0.696. The fraction of sp³-hybridized carbons (Fsp3) is 0.286. The van der Waals surface area contributed by atoms with Gasteiger partial charge in [0.1, 0.15) is 11.6 Å². The van der Waals surface area contributed by atoms with E-state index in [0.717, 1.165) is 33.4 Å². The first-order chi connectivity index (χ1) is 9.63. The molecule has 0 aliphatic carbocycles. The average Bonchev–Trinajstić information content (AvgIpc) is 2.46. The number of hydrogen-bond acceptors (Lipinski definition) is 5. The van der Waals surface area contributed by atoms with Crippen molar-refractivity contribution < 1.29 is 0 Å². The molecule has 0 amide bonds. The van der Waals surface area contributed by atoms with E-state index in [1.807, 2.05) is 31.2 Å². The van der Waals surface area contributed by atoms with Crippen molar-refractivity contribution in [3.05, 3.63) is 46.4 Å². The molecule has 0 atom stereocenters. The highest BCUT2D eigenvalue weighted by Gasteiger charge is 2.09. The number of nitrogens with zero attached hydrogens (tertiary/aromatic N) is 2. The highest BCUT2D eigenvalue weighted by atomic mass is 35.5. The fourth-order valence-electron chi connectivity index (χ4n) is 1.94. The van der Waals surface area contributed by atoms with Crippen molar-refractivity contribution in [2.24, 2.45) is 5.84 Å². The van der Waals surface area contributed by atoms with E-state index in [1.165, 1.54) is 0 Å². The lowest BCUT2D eigenvalue weighted by molar-refractivity contribution is 0.935. The Morgan fingerprint density at radius 3 is 2.55 bits per heavy atom. The summed E-state index contributed by atoms with van der Waals surface area (Å²) in [6, 6.07) is 7.73. The lowest BCUT2D eigenvalue weighted by Crippen LogP contribution is -2.14. The molecule has 1 aromatic carbocycles. The quantitative estimate of drug-likeness (QED) is 0.502. The Morgan fingerprint density at radius 2 is 1.95 bits per heavy atom. The summed E-state index contributed by atoms with van der Waals surface area (Å²) in [6.45, 7) is 4.05. The molecule has 20 heavy (non-hydrogen) atoms. The van der Waals surface area contributed by atoms with Crippen LogP contribution in [0, 0.1) is 6.92 Å². The molecule has 0 aliphatic rings. The van der Waals surface area contributed by atoms with E-state index in [4.69, 9.17) is 17.4 Å². The summed E-state index contributed by atoms with van der Waals surface area (Å²) in [5.41, 5.74) is 4.69. The maximum Gasteiger partial charge on any atom is 0.147 e. The minimum atomic E-state index is 0.696. The van der Waals surface area contributed by atoms with Crippen LogP contribution in [0.5, 0.6) is 0 Å². The van der Waals surface area contributed by atoms with E-state index in [9.17, 15) is 0 Å². The van der Waals surface area contributed by atoms with Gasteiger partial charge in [0.05, 0.1) is 5.75 Å². The van der Waals surface area contributed by atoms with Gasteiger partial charge in [-0.25, -0.2) is 15.8 Å². The van der Waals surface area contributed by atoms with Gasteiger partial charge in [-0.2, -0.15) is 0 Å². The number of thioether (sulfide) groups is 1. The SMILES string of the molecule is CCc1c(C)nc(CSc2ccc(Cl)cc2)nc1NN. The van der Waals surface area contributed by atoms with Gasteiger partial charge in [-0.05, 0) is 37.6 Å². The van der Waals surface area contributed by atoms with Crippen LogP contribution in [-0.2, 0) is 12.2 Å². The van der Waals surface area contributed by atoms with Crippen molar-refractivity contribution in [2.75, 3.05) is 5.43 Å². The van der Waals surface area contributed by atoms with Gasteiger partial charge >= 0.3 is 0 Å². The van der Waals surface area contributed by atoms with Crippen LogP contribution in [0.1, 0.15) is 24.0 Å². The number of aryl methyl sites for hydroxylation is 1. The topological polar surface area (TPSA) is 63.8 Å². The van der Waals surface area contributed by atoms with E-state index in [-0.39, 0.29) is 0 Å². The molecule has 0 radical (unpaired) electrons.